The molecule has 0 amide bonds. The molecular formula is C10H13Br. The second kappa shape index (κ2) is 3.91. The van der Waals surface area contributed by atoms with Crippen LogP contribution in [0, 0.1) is 6.92 Å². The summed E-state index contributed by atoms with van der Waals surface area (Å²) in [4.78, 5) is 0. The summed E-state index contributed by atoms with van der Waals surface area (Å²) >= 11 is 3.48. The molecule has 0 atom stereocenters. The van der Waals surface area contributed by atoms with Gasteiger partial charge >= 0.3 is 0 Å². The zero-order valence-electron chi connectivity index (χ0n) is 7.02. The van der Waals surface area contributed by atoms with E-state index in [9.17, 15) is 0 Å². The molecule has 11 heavy (non-hydrogen) atoms. The Morgan fingerprint density at radius 1 is 1.27 bits per heavy atom. The van der Waals surface area contributed by atoms with Crippen molar-refractivity contribution < 1.29 is 0 Å². The number of aryl methyl sites for hydroxylation is 2. The molecule has 0 aromatic heterocycles. The van der Waals surface area contributed by atoms with Gasteiger partial charge in [0.05, 0.1) is 0 Å². The van der Waals surface area contributed by atoms with Crippen LogP contribution in [0.3, 0.4) is 0 Å². The highest BCUT2D eigenvalue weighted by Gasteiger charge is 1.94. The summed E-state index contributed by atoms with van der Waals surface area (Å²) in [5.74, 6) is 0. The van der Waals surface area contributed by atoms with Crippen LogP contribution < -0.4 is 0 Å². The Balaban J connectivity index is 2.89. The van der Waals surface area contributed by atoms with Crippen molar-refractivity contribution in [1.82, 2.24) is 0 Å². The molecule has 0 bridgehead atoms. The smallest absolute Gasteiger partial charge is 0.0180 e. The molecule has 0 saturated carbocycles. The first-order valence-electron chi connectivity index (χ1n) is 3.98. The Kier molecular flexibility index (Phi) is 3.13. The standard InChI is InChI=1S/C10H13Br/c1-3-4-9-5-8(2)6-10(11)7-9/h5-7H,3-4H2,1-2H3. The number of hydrogen-bond donors (Lipinski definition) is 0. The molecule has 0 aliphatic carbocycles. The van der Waals surface area contributed by atoms with Crippen molar-refractivity contribution >= 4 is 15.9 Å². The molecule has 0 saturated heterocycles. The van der Waals surface area contributed by atoms with Crippen LogP contribution >= 0.6 is 15.9 Å². The average Bonchev–Trinajstić information content (AvgIpc) is 1.85. The highest BCUT2D eigenvalue weighted by Crippen LogP contribution is 2.16. The fraction of sp³-hybridized carbons (Fsp3) is 0.400. The molecule has 1 rings (SSSR count). The van der Waals surface area contributed by atoms with Crippen LogP contribution in [0.25, 0.3) is 0 Å². The lowest BCUT2D eigenvalue weighted by Crippen LogP contribution is -1.84. The molecule has 0 unspecified atom stereocenters. The Bertz CT molecular complexity index is 220. The first-order valence-corrected chi connectivity index (χ1v) is 4.77. The molecule has 0 radical (unpaired) electrons. The number of hydrogen-bond acceptors (Lipinski definition) is 0. The van der Waals surface area contributed by atoms with Gasteiger partial charge in [0, 0.05) is 4.47 Å². The first-order chi connectivity index (χ1) is 5.22. The molecule has 0 nitrogen and oxygen atoms in total. The first kappa shape index (κ1) is 8.79. The van der Waals surface area contributed by atoms with Crippen molar-refractivity contribution in [2.24, 2.45) is 0 Å². The fourth-order valence-corrected chi connectivity index (χ4v) is 1.90. The molecule has 0 heterocycles. The Labute approximate surface area is 76.8 Å². The van der Waals surface area contributed by atoms with Crippen molar-refractivity contribution in [1.29, 1.82) is 0 Å². The van der Waals surface area contributed by atoms with Gasteiger partial charge in [0.25, 0.3) is 0 Å². The van der Waals surface area contributed by atoms with E-state index in [4.69, 9.17) is 0 Å². The van der Waals surface area contributed by atoms with Crippen LogP contribution in [0.15, 0.2) is 22.7 Å². The SMILES string of the molecule is CCCc1cc(C)cc(Br)c1. The molecule has 1 heteroatoms. The summed E-state index contributed by atoms with van der Waals surface area (Å²) in [5, 5.41) is 0. The van der Waals surface area contributed by atoms with E-state index in [1.807, 2.05) is 0 Å². The Hall–Kier alpha value is -0.300. The van der Waals surface area contributed by atoms with E-state index in [2.05, 4.69) is 48.0 Å². The van der Waals surface area contributed by atoms with Crippen molar-refractivity contribution in [3.63, 3.8) is 0 Å². The number of benzene rings is 1. The molecule has 1 aromatic carbocycles. The lowest BCUT2D eigenvalue weighted by molar-refractivity contribution is 0.919. The second-order valence-corrected chi connectivity index (χ2v) is 3.80. The molecular weight excluding hydrogens is 200 g/mol. The van der Waals surface area contributed by atoms with E-state index in [1.54, 1.807) is 0 Å². The summed E-state index contributed by atoms with van der Waals surface area (Å²) in [7, 11) is 0. The van der Waals surface area contributed by atoms with Gasteiger partial charge in [-0.1, -0.05) is 35.3 Å². The molecule has 0 fully saturated rings. The van der Waals surface area contributed by atoms with Crippen LogP contribution in [0.5, 0.6) is 0 Å². The van der Waals surface area contributed by atoms with E-state index in [0.717, 1.165) is 0 Å². The third-order valence-electron chi connectivity index (χ3n) is 1.64. The maximum atomic E-state index is 3.48. The lowest BCUT2D eigenvalue weighted by Gasteiger charge is -2.01. The Morgan fingerprint density at radius 3 is 2.55 bits per heavy atom. The van der Waals surface area contributed by atoms with Crippen LogP contribution in [-0.2, 0) is 6.42 Å². The average molecular weight is 213 g/mol. The van der Waals surface area contributed by atoms with Gasteiger partial charge in [-0.3, -0.25) is 0 Å². The van der Waals surface area contributed by atoms with E-state index in [0.29, 0.717) is 0 Å². The predicted molar refractivity (Wildman–Crippen MR) is 52.9 cm³/mol. The highest BCUT2D eigenvalue weighted by atomic mass is 79.9. The molecule has 60 valence electrons. The summed E-state index contributed by atoms with van der Waals surface area (Å²) < 4.78 is 1.20. The zero-order chi connectivity index (χ0) is 8.27. The number of rotatable bonds is 2. The van der Waals surface area contributed by atoms with Gasteiger partial charge in [0.2, 0.25) is 0 Å². The van der Waals surface area contributed by atoms with Crippen LogP contribution in [0.4, 0.5) is 0 Å². The van der Waals surface area contributed by atoms with Crippen molar-refractivity contribution in [2.75, 3.05) is 0 Å². The fourth-order valence-electron chi connectivity index (χ4n) is 1.25. The minimum atomic E-state index is 1.18. The molecule has 0 N–H and O–H groups in total. The minimum Gasteiger partial charge on any atom is -0.0651 e. The highest BCUT2D eigenvalue weighted by molar-refractivity contribution is 9.10. The van der Waals surface area contributed by atoms with E-state index >= 15 is 0 Å². The van der Waals surface area contributed by atoms with E-state index < -0.39 is 0 Å². The van der Waals surface area contributed by atoms with Gasteiger partial charge in [-0.25, -0.2) is 0 Å². The summed E-state index contributed by atoms with van der Waals surface area (Å²) in [6.07, 6.45) is 2.40. The zero-order valence-corrected chi connectivity index (χ0v) is 8.61. The van der Waals surface area contributed by atoms with Gasteiger partial charge in [0.1, 0.15) is 0 Å². The quantitative estimate of drug-likeness (QED) is 0.702. The van der Waals surface area contributed by atoms with Crippen LogP contribution in [0.1, 0.15) is 24.5 Å². The second-order valence-electron chi connectivity index (χ2n) is 2.89. The van der Waals surface area contributed by atoms with Gasteiger partial charge in [-0.2, -0.15) is 0 Å². The van der Waals surface area contributed by atoms with Crippen molar-refractivity contribution in [2.45, 2.75) is 26.7 Å². The minimum absolute atomic E-state index is 1.18. The molecule has 1 aromatic rings. The van der Waals surface area contributed by atoms with Gasteiger partial charge in [0.15, 0.2) is 0 Å². The lowest BCUT2D eigenvalue weighted by atomic mass is 10.1. The van der Waals surface area contributed by atoms with E-state index in [-0.39, 0.29) is 0 Å². The summed E-state index contributed by atoms with van der Waals surface area (Å²) in [6.45, 7) is 4.33. The largest absolute Gasteiger partial charge is 0.0651 e. The molecule has 0 aliphatic heterocycles. The maximum absolute atomic E-state index is 3.48. The monoisotopic (exact) mass is 212 g/mol. The number of halogens is 1. The third-order valence-corrected chi connectivity index (χ3v) is 2.10. The molecule has 0 spiro atoms. The van der Waals surface area contributed by atoms with Crippen LogP contribution in [0.2, 0.25) is 0 Å². The normalized spacial score (nSPS) is 10.1. The summed E-state index contributed by atoms with van der Waals surface area (Å²) in [6, 6.07) is 6.57. The van der Waals surface area contributed by atoms with Crippen molar-refractivity contribution in [3.05, 3.63) is 33.8 Å². The summed E-state index contributed by atoms with van der Waals surface area (Å²) in [5.41, 5.74) is 2.77. The molecule has 0 aliphatic rings. The Morgan fingerprint density at radius 2 is 2.00 bits per heavy atom. The maximum Gasteiger partial charge on any atom is 0.0180 e. The third kappa shape index (κ3) is 2.66. The van der Waals surface area contributed by atoms with Crippen LogP contribution in [-0.4, -0.2) is 0 Å². The van der Waals surface area contributed by atoms with Gasteiger partial charge in [-0.05, 0) is 36.6 Å². The van der Waals surface area contributed by atoms with E-state index in [1.165, 1.54) is 28.4 Å². The van der Waals surface area contributed by atoms with Gasteiger partial charge in [-0.15, -0.1) is 0 Å². The topological polar surface area (TPSA) is 0 Å². The van der Waals surface area contributed by atoms with Gasteiger partial charge < -0.3 is 0 Å². The van der Waals surface area contributed by atoms with Crippen molar-refractivity contribution in [3.8, 4) is 0 Å². The predicted octanol–water partition coefficient (Wildman–Crippen LogP) is 3.71.